The second kappa shape index (κ2) is 6.33. The molecule has 1 heterocycles. The van der Waals surface area contributed by atoms with Gasteiger partial charge in [0.1, 0.15) is 12.4 Å². The fraction of sp³-hybridized carbons (Fsp3) is 0.294. The van der Waals surface area contributed by atoms with Crippen LogP contribution >= 0.6 is 0 Å². The molecule has 0 spiro atoms. The van der Waals surface area contributed by atoms with Crippen LogP contribution in [-0.2, 0) is 16.6 Å². The largest absolute Gasteiger partial charge is 0.487 e. The van der Waals surface area contributed by atoms with Gasteiger partial charge in [-0.25, -0.2) is 12.4 Å². The van der Waals surface area contributed by atoms with Gasteiger partial charge in [-0.15, -0.1) is 0 Å². The van der Waals surface area contributed by atoms with Crippen molar-refractivity contribution in [2.75, 3.05) is 18.6 Å². The molecule has 1 aromatic heterocycles. The predicted molar refractivity (Wildman–Crippen MR) is 94.5 cm³/mol. The number of nitrogen functional groups attached to an aromatic ring is 1. The van der Waals surface area contributed by atoms with Gasteiger partial charge in [-0.3, -0.25) is 0 Å². The molecule has 0 saturated carbocycles. The van der Waals surface area contributed by atoms with E-state index < -0.39 is 10.0 Å². The number of benzene rings is 1. The Morgan fingerprint density at radius 3 is 2.79 bits per heavy atom. The maximum atomic E-state index is 12.0. The molecule has 1 aromatic carbocycles. The van der Waals surface area contributed by atoms with Gasteiger partial charge in [0, 0.05) is 23.2 Å². The molecule has 1 aliphatic rings. The van der Waals surface area contributed by atoms with E-state index in [9.17, 15) is 13.5 Å². The zero-order valence-electron chi connectivity index (χ0n) is 13.4. The van der Waals surface area contributed by atoms with Crippen LogP contribution in [0.1, 0.15) is 18.4 Å². The van der Waals surface area contributed by atoms with Gasteiger partial charge in [-0.2, -0.15) is 0 Å². The van der Waals surface area contributed by atoms with E-state index in [2.05, 4.69) is 6.08 Å². The van der Waals surface area contributed by atoms with E-state index in [1.165, 1.54) is 6.20 Å². The maximum absolute atomic E-state index is 12.0. The Bertz CT molecular complexity index is 939. The van der Waals surface area contributed by atoms with Gasteiger partial charge in [0.05, 0.1) is 24.1 Å². The molecule has 2 aromatic rings. The Kier molecular flexibility index (Phi) is 4.38. The molecule has 0 saturated heterocycles. The summed E-state index contributed by atoms with van der Waals surface area (Å²) < 4.78 is 30.9. The Morgan fingerprint density at radius 2 is 2.17 bits per heavy atom. The molecule has 128 valence electrons. The number of hydrogen-bond donors (Lipinski definition) is 2. The summed E-state index contributed by atoms with van der Waals surface area (Å²) in [4.78, 5) is 0. The first-order chi connectivity index (χ1) is 11.4. The van der Waals surface area contributed by atoms with Crippen LogP contribution in [0.4, 0.5) is 5.69 Å². The van der Waals surface area contributed by atoms with Crippen LogP contribution in [0.5, 0.6) is 5.75 Å². The van der Waals surface area contributed by atoms with Gasteiger partial charge >= 0.3 is 0 Å². The van der Waals surface area contributed by atoms with Crippen LogP contribution < -0.4 is 10.5 Å². The lowest BCUT2D eigenvalue weighted by Gasteiger charge is -2.13. The normalized spacial score (nSPS) is 14.8. The molecular formula is C17H20N2O4S. The van der Waals surface area contributed by atoms with Crippen LogP contribution in [0.15, 0.2) is 42.1 Å². The molecule has 0 bridgehead atoms. The van der Waals surface area contributed by atoms with Gasteiger partial charge in [-0.1, -0.05) is 18.2 Å². The monoisotopic (exact) mass is 348 g/mol. The third kappa shape index (κ3) is 3.18. The summed E-state index contributed by atoms with van der Waals surface area (Å²) in [7, 11) is -3.50. The van der Waals surface area contributed by atoms with E-state index in [4.69, 9.17) is 10.5 Å². The standard InChI is InChI=1S/C17H20N2O4S/c1-24(21,22)19-9-13(10-20)14-7-15(18)17(8-16(14)19)23-11-12-5-3-2-4-6-12/h2-3,5,7-9,20H,4,6,10-11,18H2,1H3. The molecule has 3 rings (SSSR count). The number of ether oxygens (including phenoxy) is 1. The fourth-order valence-electron chi connectivity index (χ4n) is 2.77. The summed E-state index contributed by atoms with van der Waals surface area (Å²) in [5, 5.41) is 10.1. The first-order valence-electron chi connectivity index (χ1n) is 7.62. The van der Waals surface area contributed by atoms with Crippen LogP contribution in [0.25, 0.3) is 10.9 Å². The van der Waals surface area contributed by atoms with Crippen molar-refractivity contribution in [2.45, 2.75) is 19.4 Å². The average molecular weight is 348 g/mol. The van der Waals surface area contributed by atoms with E-state index in [-0.39, 0.29) is 6.61 Å². The number of aliphatic hydroxyl groups is 1. The molecule has 7 heteroatoms. The number of allylic oxidation sites excluding steroid dienone is 3. The average Bonchev–Trinajstić information content (AvgIpc) is 2.91. The van der Waals surface area contributed by atoms with Crippen LogP contribution in [0.3, 0.4) is 0 Å². The number of aliphatic hydroxyl groups excluding tert-OH is 1. The van der Waals surface area contributed by atoms with Crippen LogP contribution in [0, 0.1) is 0 Å². The topological polar surface area (TPSA) is 94.5 Å². The molecule has 3 N–H and O–H groups in total. The molecule has 0 unspecified atom stereocenters. The first kappa shape index (κ1) is 16.6. The summed E-state index contributed by atoms with van der Waals surface area (Å²) in [5.41, 5.74) is 8.57. The minimum absolute atomic E-state index is 0.266. The number of anilines is 1. The number of aromatic nitrogens is 1. The van der Waals surface area contributed by atoms with E-state index in [1.54, 1.807) is 12.1 Å². The van der Waals surface area contributed by atoms with E-state index in [1.807, 2.05) is 12.2 Å². The third-order valence-corrected chi connectivity index (χ3v) is 5.04. The van der Waals surface area contributed by atoms with Gasteiger partial charge in [0.15, 0.2) is 0 Å². The molecule has 24 heavy (non-hydrogen) atoms. The number of hydrogen-bond acceptors (Lipinski definition) is 5. The summed E-state index contributed by atoms with van der Waals surface area (Å²) in [6.45, 7) is 0.143. The van der Waals surface area contributed by atoms with Crippen molar-refractivity contribution in [3.8, 4) is 5.75 Å². The third-order valence-electron chi connectivity index (χ3n) is 4.03. The van der Waals surface area contributed by atoms with E-state index in [0.717, 1.165) is 28.6 Å². The molecule has 0 atom stereocenters. The van der Waals surface area contributed by atoms with Crippen molar-refractivity contribution in [3.63, 3.8) is 0 Å². The number of nitrogens with two attached hydrogens (primary N) is 1. The zero-order valence-corrected chi connectivity index (χ0v) is 14.2. The minimum Gasteiger partial charge on any atom is -0.487 e. The highest BCUT2D eigenvalue weighted by atomic mass is 32.2. The second-order valence-corrected chi connectivity index (χ2v) is 7.72. The highest BCUT2D eigenvalue weighted by molar-refractivity contribution is 7.89. The van der Waals surface area contributed by atoms with Crippen molar-refractivity contribution in [3.05, 3.63) is 47.7 Å². The lowest BCUT2D eigenvalue weighted by Crippen LogP contribution is -2.09. The van der Waals surface area contributed by atoms with Gasteiger partial charge in [0.25, 0.3) is 0 Å². The number of fused-ring (bicyclic) bond motifs is 1. The lowest BCUT2D eigenvalue weighted by atomic mass is 10.1. The van der Waals surface area contributed by atoms with Crippen molar-refractivity contribution in [1.82, 2.24) is 3.97 Å². The van der Waals surface area contributed by atoms with Crippen molar-refractivity contribution < 1.29 is 18.3 Å². The zero-order chi connectivity index (χ0) is 17.3. The van der Waals surface area contributed by atoms with Gasteiger partial charge in [0.2, 0.25) is 10.0 Å². The van der Waals surface area contributed by atoms with E-state index >= 15 is 0 Å². The Morgan fingerprint density at radius 1 is 1.38 bits per heavy atom. The summed E-state index contributed by atoms with van der Waals surface area (Å²) in [6.07, 6.45) is 10.6. The number of rotatable bonds is 5. The SMILES string of the molecule is CS(=O)(=O)n1cc(CO)c2cc(N)c(OCC3=CC=CCC3)cc21. The number of nitrogens with zero attached hydrogens (tertiary/aromatic N) is 1. The summed E-state index contributed by atoms with van der Waals surface area (Å²) in [5.74, 6) is 0.436. The Labute approximate surface area is 140 Å². The van der Waals surface area contributed by atoms with Crippen LogP contribution in [-0.4, -0.2) is 30.4 Å². The highest BCUT2D eigenvalue weighted by Gasteiger charge is 2.17. The Hall–Kier alpha value is -2.25. The predicted octanol–water partition coefficient (Wildman–Crippen LogP) is 2.18. The molecule has 0 radical (unpaired) electrons. The summed E-state index contributed by atoms with van der Waals surface area (Å²) in [6, 6.07) is 3.26. The molecule has 0 fully saturated rings. The summed E-state index contributed by atoms with van der Waals surface area (Å²) >= 11 is 0. The molecular weight excluding hydrogens is 328 g/mol. The van der Waals surface area contributed by atoms with Crippen molar-refractivity contribution in [1.29, 1.82) is 0 Å². The van der Waals surface area contributed by atoms with Gasteiger partial charge < -0.3 is 15.6 Å². The maximum Gasteiger partial charge on any atom is 0.236 e. The van der Waals surface area contributed by atoms with Crippen molar-refractivity contribution >= 4 is 26.6 Å². The highest BCUT2D eigenvalue weighted by Crippen LogP contribution is 2.32. The minimum atomic E-state index is -3.50. The van der Waals surface area contributed by atoms with Crippen LogP contribution in [0.2, 0.25) is 0 Å². The molecule has 1 aliphatic carbocycles. The smallest absolute Gasteiger partial charge is 0.236 e. The fourth-order valence-corrected chi connectivity index (χ4v) is 3.60. The lowest BCUT2D eigenvalue weighted by molar-refractivity contribution is 0.283. The second-order valence-electron chi connectivity index (χ2n) is 5.86. The molecule has 0 amide bonds. The molecule has 0 aliphatic heterocycles. The van der Waals surface area contributed by atoms with E-state index in [0.29, 0.717) is 34.5 Å². The first-order valence-corrected chi connectivity index (χ1v) is 9.47. The van der Waals surface area contributed by atoms with Gasteiger partial charge in [-0.05, 0) is 24.5 Å². The quantitative estimate of drug-likeness (QED) is 0.808. The molecule has 6 nitrogen and oxygen atoms in total. The van der Waals surface area contributed by atoms with Crippen molar-refractivity contribution in [2.24, 2.45) is 0 Å². The Balaban J connectivity index is 2.01.